The summed E-state index contributed by atoms with van der Waals surface area (Å²) >= 11 is 0. The van der Waals surface area contributed by atoms with Crippen LogP contribution < -0.4 is 5.32 Å². The second kappa shape index (κ2) is 5.96. The zero-order valence-electron chi connectivity index (χ0n) is 11.2. The van der Waals surface area contributed by atoms with Crippen LogP contribution in [-0.2, 0) is 0 Å². The van der Waals surface area contributed by atoms with Gasteiger partial charge >= 0.3 is 0 Å². The topological polar surface area (TPSA) is 89.3 Å². The first-order chi connectivity index (χ1) is 10.0. The third-order valence-electron chi connectivity index (χ3n) is 2.97. The predicted octanol–water partition coefficient (Wildman–Crippen LogP) is 2.97. The molecule has 0 spiro atoms. The number of nitrogens with zero attached hydrogens (tertiary/aromatic N) is 1. The smallest absolute Gasteiger partial charge is 0.274 e. The van der Waals surface area contributed by atoms with Gasteiger partial charge in [-0.2, -0.15) is 0 Å². The normalized spacial score (nSPS) is 9.95. The van der Waals surface area contributed by atoms with Crippen molar-refractivity contribution in [3.05, 3.63) is 69.3 Å². The molecule has 6 nitrogen and oxygen atoms in total. The molecular formula is C15H12N2O4. The van der Waals surface area contributed by atoms with Crippen LogP contribution in [0.25, 0.3) is 0 Å². The summed E-state index contributed by atoms with van der Waals surface area (Å²) in [5.41, 5.74) is 1.65. The number of carbonyl (C=O) groups excluding carboxylic acids is 2. The van der Waals surface area contributed by atoms with Crippen LogP contribution in [0.3, 0.4) is 0 Å². The van der Waals surface area contributed by atoms with Gasteiger partial charge in [-0.15, -0.1) is 0 Å². The Kier molecular flexibility index (Phi) is 4.08. The molecule has 106 valence electrons. The summed E-state index contributed by atoms with van der Waals surface area (Å²) in [6.07, 6.45) is 0.686. The summed E-state index contributed by atoms with van der Waals surface area (Å²) in [6, 6.07) is 10.6. The highest BCUT2D eigenvalue weighted by Gasteiger charge is 2.13. The van der Waals surface area contributed by atoms with Crippen molar-refractivity contribution in [3.8, 4) is 0 Å². The molecule has 1 amide bonds. The van der Waals surface area contributed by atoms with E-state index in [1.54, 1.807) is 19.1 Å². The van der Waals surface area contributed by atoms with Crippen LogP contribution in [0.2, 0.25) is 0 Å². The first kappa shape index (κ1) is 14.4. The van der Waals surface area contributed by atoms with E-state index in [9.17, 15) is 19.7 Å². The highest BCUT2D eigenvalue weighted by atomic mass is 16.6. The summed E-state index contributed by atoms with van der Waals surface area (Å²) in [5.74, 6) is -0.398. The van der Waals surface area contributed by atoms with Crippen molar-refractivity contribution in [1.82, 2.24) is 0 Å². The highest BCUT2D eigenvalue weighted by molar-refractivity contribution is 6.04. The average Bonchev–Trinajstić information content (AvgIpc) is 2.49. The van der Waals surface area contributed by atoms with Crippen molar-refractivity contribution in [1.29, 1.82) is 0 Å². The summed E-state index contributed by atoms with van der Waals surface area (Å²) in [4.78, 5) is 32.9. The fourth-order valence-corrected chi connectivity index (χ4v) is 1.80. The molecule has 2 rings (SSSR count). The fourth-order valence-electron chi connectivity index (χ4n) is 1.80. The summed E-state index contributed by atoms with van der Waals surface area (Å²) in [7, 11) is 0. The van der Waals surface area contributed by atoms with Gasteiger partial charge in [-0.25, -0.2) is 0 Å². The van der Waals surface area contributed by atoms with Gasteiger partial charge in [0.2, 0.25) is 0 Å². The second-order valence-electron chi connectivity index (χ2n) is 4.45. The van der Waals surface area contributed by atoms with Gasteiger partial charge in [0.05, 0.1) is 4.92 Å². The molecule has 0 fully saturated rings. The number of aryl methyl sites for hydroxylation is 1. The zero-order chi connectivity index (χ0) is 15.4. The van der Waals surface area contributed by atoms with Crippen LogP contribution in [0, 0.1) is 17.0 Å². The molecule has 0 aromatic heterocycles. The molecule has 0 saturated carbocycles. The highest BCUT2D eigenvalue weighted by Crippen LogP contribution is 2.22. The molecule has 0 aliphatic carbocycles. The molecule has 0 radical (unpaired) electrons. The average molecular weight is 284 g/mol. The van der Waals surface area contributed by atoms with Crippen molar-refractivity contribution in [2.45, 2.75) is 6.92 Å². The van der Waals surface area contributed by atoms with Gasteiger partial charge in [0.15, 0.2) is 0 Å². The molecule has 0 aliphatic heterocycles. The molecule has 21 heavy (non-hydrogen) atoms. The van der Waals surface area contributed by atoms with Gasteiger partial charge in [0.25, 0.3) is 11.6 Å². The van der Waals surface area contributed by atoms with Crippen molar-refractivity contribution >= 4 is 23.6 Å². The fraction of sp³-hybridized carbons (Fsp3) is 0.0667. The number of aldehydes is 1. The largest absolute Gasteiger partial charge is 0.322 e. The van der Waals surface area contributed by atoms with Crippen molar-refractivity contribution < 1.29 is 14.5 Å². The van der Waals surface area contributed by atoms with E-state index in [2.05, 4.69) is 5.32 Å². The summed E-state index contributed by atoms with van der Waals surface area (Å²) < 4.78 is 0. The number of rotatable bonds is 4. The number of anilines is 1. The van der Waals surface area contributed by atoms with Crippen LogP contribution in [0.1, 0.15) is 26.3 Å². The summed E-state index contributed by atoms with van der Waals surface area (Å²) in [5, 5.41) is 13.4. The van der Waals surface area contributed by atoms with Crippen LogP contribution in [0.15, 0.2) is 42.5 Å². The molecule has 1 N–H and O–H groups in total. The van der Waals surface area contributed by atoms with E-state index in [4.69, 9.17) is 0 Å². The second-order valence-corrected chi connectivity index (χ2v) is 4.45. The lowest BCUT2D eigenvalue weighted by Crippen LogP contribution is -2.12. The third kappa shape index (κ3) is 3.30. The van der Waals surface area contributed by atoms with Crippen molar-refractivity contribution in [2.75, 3.05) is 5.32 Å². The van der Waals surface area contributed by atoms with Crippen molar-refractivity contribution in [3.63, 3.8) is 0 Å². The maximum atomic E-state index is 12.0. The van der Waals surface area contributed by atoms with E-state index in [0.29, 0.717) is 28.7 Å². The minimum absolute atomic E-state index is 0.0518. The molecule has 0 aliphatic rings. The monoisotopic (exact) mass is 284 g/mol. The Morgan fingerprint density at radius 1 is 1.19 bits per heavy atom. The standard InChI is InChI=1S/C15H12N2O4/c1-10-2-7-13(8-14(10)17(20)21)16-15(19)12-5-3-11(9-18)4-6-12/h2-9H,1H3,(H,16,19). The third-order valence-corrected chi connectivity index (χ3v) is 2.97. The molecule has 0 heterocycles. The van der Waals surface area contributed by atoms with Gasteiger partial charge in [0, 0.05) is 28.4 Å². The maximum Gasteiger partial charge on any atom is 0.274 e. The molecule has 0 unspecified atom stereocenters. The minimum atomic E-state index is -0.496. The first-order valence-corrected chi connectivity index (χ1v) is 6.13. The number of nitro benzene ring substituents is 1. The maximum absolute atomic E-state index is 12.0. The Hall–Kier alpha value is -3.02. The summed E-state index contributed by atoms with van der Waals surface area (Å²) in [6.45, 7) is 1.63. The van der Waals surface area contributed by atoms with Crippen LogP contribution in [-0.4, -0.2) is 17.1 Å². The molecule has 0 saturated heterocycles. The molecule has 0 atom stereocenters. The Morgan fingerprint density at radius 3 is 2.43 bits per heavy atom. The number of hydrogen-bond acceptors (Lipinski definition) is 4. The number of hydrogen-bond donors (Lipinski definition) is 1. The number of nitro groups is 1. The lowest BCUT2D eigenvalue weighted by molar-refractivity contribution is -0.385. The Balaban J connectivity index is 2.20. The lowest BCUT2D eigenvalue weighted by atomic mass is 10.1. The molecule has 6 heteroatoms. The number of carbonyl (C=O) groups is 2. The minimum Gasteiger partial charge on any atom is -0.322 e. The van der Waals surface area contributed by atoms with Gasteiger partial charge in [0.1, 0.15) is 6.29 Å². The predicted molar refractivity (Wildman–Crippen MR) is 77.6 cm³/mol. The van der Waals surface area contributed by atoms with Crippen LogP contribution >= 0.6 is 0 Å². The van der Waals surface area contributed by atoms with Gasteiger partial charge in [-0.05, 0) is 25.1 Å². The Morgan fingerprint density at radius 2 is 1.86 bits per heavy atom. The zero-order valence-corrected chi connectivity index (χ0v) is 11.2. The van der Waals surface area contributed by atoms with E-state index in [1.165, 1.54) is 30.3 Å². The van der Waals surface area contributed by atoms with E-state index in [0.717, 1.165) is 0 Å². The van der Waals surface area contributed by atoms with Gasteiger partial charge in [-0.1, -0.05) is 18.2 Å². The number of amides is 1. The quantitative estimate of drug-likeness (QED) is 0.531. The van der Waals surface area contributed by atoms with E-state index in [-0.39, 0.29) is 5.69 Å². The van der Waals surface area contributed by atoms with Crippen molar-refractivity contribution in [2.24, 2.45) is 0 Å². The number of benzene rings is 2. The molecule has 2 aromatic carbocycles. The van der Waals surface area contributed by atoms with Crippen LogP contribution in [0.5, 0.6) is 0 Å². The van der Waals surface area contributed by atoms with Gasteiger partial charge in [-0.3, -0.25) is 19.7 Å². The SMILES string of the molecule is Cc1ccc(NC(=O)c2ccc(C=O)cc2)cc1[N+](=O)[O-]. The lowest BCUT2D eigenvalue weighted by Gasteiger charge is -2.06. The Labute approximate surface area is 120 Å². The first-order valence-electron chi connectivity index (χ1n) is 6.13. The van der Waals surface area contributed by atoms with E-state index < -0.39 is 10.8 Å². The molecule has 0 bridgehead atoms. The molecular weight excluding hydrogens is 272 g/mol. The van der Waals surface area contributed by atoms with E-state index in [1.807, 2.05) is 0 Å². The van der Waals surface area contributed by atoms with Crippen LogP contribution in [0.4, 0.5) is 11.4 Å². The number of nitrogens with one attached hydrogen (secondary N) is 1. The van der Waals surface area contributed by atoms with E-state index >= 15 is 0 Å². The molecule has 2 aromatic rings. The van der Waals surface area contributed by atoms with Gasteiger partial charge < -0.3 is 5.32 Å². The Bertz CT molecular complexity index is 708.